The van der Waals surface area contributed by atoms with Gasteiger partial charge in [-0.2, -0.15) is 0 Å². The Morgan fingerprint density at radius 3 is 2.72 bits per heavy atom. The number of fused-ring (bicyclic) bond motifs is 2. The van der Waals surface area contributed by atoms with Crippen molar-refractivity contribution < 1.29 is 23.5 Å². The number of urea groups is 1. The lowest BCUT2D eigenvalue weighted by atomic mass is 9.95. The summed E-state index contributed by atoms with van der Waals surface area (Å²) in [5.74, 6) is -0.465. The lowest BCUT2D eigenvalue weighted by Gasteiger charge is -2.29. The fourth-order valence-electron chi connectivity index (χ4n) is 4.60. The summed E-state index contributed by atoms with van der Waals surface area (Å²) in [6.07, 6.45) is 1.63. The summed E-state index contributed by atoms with van der Waals surface area (Å²) in [6.45, 7) is 9.20. The van der Waals surface area contributed by atoms with Crippen LogP contribution in [0.5, 0.6) is 0 Å². The number of aromatic nitrogens is 1. The Morgan fingerprint density at radius 1 is 1.17 bits per heavy atom. The summed E-state index contributed by atoms with van der Waals surface area (Å²) >= 11 is 0. The van der Waals surface area contributed by atoms with Gasteiger partial charge >= 0.3 is 6.03 Å². The van der Waals surface area contributed by atoms with Crippen LogP contribution in [0.1, 0.15) is 27.2 Å². The molecule has 10 heteroatoms. The Hall–Kier alpha value is -3.50. The molecule has 0 aliphatic carbocycles. The summed E-state index contributed by atoms with van der Waals surface area (Å²) in [7, 11) is -1.33. The number of pyridine rings is 1. The number of nitrogens with one attached hydrogen (secondary N) is 1. The minimum Gasteiger partial charge on any atom is -0.456 e. The van der Waals surface area contributed by atoms with E-state index in [2.05, 4.69) is 29.9 Å². The van der Waals surface area contributed by atoms with Crippen molar-refractivity contribution in [3.05, 3.63) is 65.0 Å². The van der Waals surface area contributed by atoms with E-state index in [-0.39, 0.29) is 24.9 Å². The van der Waals surface area contributed by atoms with Gasteiger partial charge in [0, 0.05) is 39.1 Å². The molecule has 9 nitrogen and oxygen atoms in total. The van der Waals surface area contributed by atoms with E-state index in [1.807, 2.05) is 25.1 Å². The third-order valence-corrected chi connectivity index (χ3v) is 8.38. The lowest BCUT2D eigenvalue weighted by molar-refractivity contribution is -0.136. The van der Waals surface area contributed by atoms with Crippen LogP contribution in [0.4, 0.5) is 4.79 Å². The number of carbonyl (C=O) groups excluding carboxylic acids is 3. The maximum absolute atomic E-state index is 13.9. The molecule has 1 aromatic carbocycles. The molecule has 2 aliphatic heterocycles. The van der Waals surface area contributed by atoms with Crippen LogP contribution >= 0.6 is 0 Å². The average Bonchev–Trinajstić information content (AvgIpc) is 3.45. The Balaban J connectivity index is 1.46. The molecule has 1 N–H and O–H groups in total. The van der Waals surface area contributed by atoms with E-state index in [0.717, 1.165) is 22.1 Å². The lowest BCUT2D eigenvalue weighted by Crippen LogP contribution is -2.52. The molecule has 1 unspecified atom stereocenters. The number of benzene rings is 1. The number of nitrogens with zero attached hydrogens (tertiary/aromatic N) is 3. The zero-order chi connectivity index (χ0) is 25.7. The second-order valence-electron chi connectivity index (χ2n) is 10.7. The Labute approximate surface area is 210 Å². The van der Waals surface area contributed by atoms with Gasteiger partial charge in [0.15, 0.2) is 11.1 Å². The average molecular weight is 507 g/mol. The van der Waals surface area contributed by atoms with Crippen LogP contribution in [0.15, 0.2) is 47.0 Å². The molecule has 5 rings (SSSR count). The number of hydrogen-bond acceptors (Lipinski definition) is 6. The topological polar surface area (TPSA) is 105 Å². The zero-order valence-electron chi connectivity index (χ0n) is 21.0. The molecule has 0 radical (unpaired) electrons. The summed E-state index contributed by atoms with van der Waals surface area (Å²) in [5, 5.41) is 2.84. The van der Waals surface area contributed by atoms with Crippen molar-refractivity contribution in [1.82, 2.24) is 20.1 Å². The van der Waals surface area contributed by atoms with Crippen molar-refractivity contribution in [2.24, 2.45) is 0 Å². The van der Waals surface area contributed by atoms with Gasteiger partial charge in [-0.25, -0.2) is 9.69 Å². The number of rotatable bonds is 8. The van der Waals surface area contributed by atoms with Crippen molar-refractivity contribution in [1.29, 1.82) is 0 Å². The van der Waals surface area contributed by atoms with Crippen molar-refractivity contribution in [2.75, 3.05) is 19.9 Å². The molecule has 3 aromatic rings. The highest BCUT2D eigenvalue weighted by molar-refractivity contribution is 6.76. The Kier molecular flexibility index (Phi) is 5.96. The molecule has 1 saturated heterocycles. The molecule has 1 fully saturated rings. The predicted molar refractivity (Wildman–Crippen MR) is 136 cm³/mol. The highest BCUT2D eigenvalue weighted by atomic mass is 28.3. The van der Waals surface area contributed by atoms with Gasteiger partial charge in [-0.3, -0.25) is 14.6 Å². The molecule has 1 atom stereocenters. The molecule has 0 bridgehead atoms. The van der Waals surface area contributed by atoms with Crippen LogP contribution in [0.2, 0.25) is 25.7 Å². The van der Waals surface area contributed by atoms with E-state index in [0.29, 0.717) is 29.8 Å². The number of carbonyl (C=O) groups is 3. The van der Waals surface area contributed by atoms with Crippen molar-refractivity contribution in [2.45, 2.75) is 44.7 Å². The summed E-state index contributed by atoms with van der Waals surface area (Å²) in [4.78, 5) is 47.2. The van der Waals surface area contributed by atoms with Crippen molar-refractivity contribution >= 4 is 37.0 Å². The predicted octanol–water partition coefficient (Wildman–Crippen LogP) is 3.85. The fraction of sp³-hybridized carbons (Fsp3) is 0.385. The number of imide groups is 1. The maximum Gasteiger partial charge on any atom is 0.327 e. The second-order valence-corrected chi connectivity index (χ2v) is 16.4. The second kappa shape index (κ2) is 8.86. The molecule has 188 valence electrons. The highest BCUT2D eigenvalue weighted by Gasteiger charge is 2.56. The first kappa shape index (κ1) is 24.2. The van der Waals surface area contributed by atoms with Gasteiger partial charge in [0.25, 0.3) is 11.8 Å². The van der Waals surface area contributed by atoms with Gasteiger partial charge in [-0.1, -0.05) is 37.3 Å². The molecule has 2 aliphatic rings. The van der Waals surface area contributed by atoms with Gasteiger partial charge in [-0.15, -0.1) is 0 Å². The molecular weight excluding hydrogens is 476 g/mol. The summed E-state index contributed by atoms with van der Waals surface area (Å²) in [5.41, 5.74) is 1.94. The largest absolute Gasteiger partial charge is 0.456 e. The molecule has 2 aromatic heterocycles. The third-order valence-electron chi connectivity index (χ3n) is 6.67. The van der Waals surface area contributed by atoms with Crippen molar-refractivity contribution in [3.63, 3.8) is 0 Å². The van der Waals surface area contributed by atoms with E-state index in [1.165, 1.54) is 0 Å². The first-order valence-electron chi connectivity index (χ1n) is 12.0. The molecule has 0 spiro atoms. The first-order valence-corrected chi connectivity index (χ1v) is 15.7. The normalized spacial score (nSPS) is 19.9. The number of ether oxygens (including phenoxy) is 1. The number of furan rings is 1. The van der Waals surface area contributed by atoms with Gasteiger partial charge in [0.1, 0.15) is 18.0 Å². The molecule has 36 heavy (non-hydrogen) atoms. The van der Waals surface area contributed by atoms with Crippen LogP contribution in [0.3, 0.4) is 0 Å². The first-order chi connectivity index (χ1) is 17.1. The zero-order valence-corrected chi connectivity index (χ0v) is 22.0. The van der Waals surface area contributed by atoms with Crippen LogP contribution in [0, 0.1) is 6.92 Å². The molecular formula is C26H30N4O5Si. The van der Waals surface area contributed by atoms with Crippen LogP contribution in [-0.4, -0.2) is 60.6 Å². The van der Waals surface area contributed by atoms with Gasteiger partial charge in [0.05, 0.1) is 6.54 Å². The van der Waals surface area contributed by atoms with E-state index in [4.69, 9.17) is 9.15 Å². The summed E-state index contributed by atoms with van der Waals surface area (Å²) < 4.78 is 11.8. The third kappa shape index (κ3) is 4.31. The quantitative estimate of drug-likeness (QED) is 0.283. The molecule has 0 saturated carbocycles. The maximum atomic E-state index is 13.9. The van der Waals surface area contributed by atoms with Gasteiger partial charge in [0.2, 0.25) is 0 Å². The Bertz CT molecular complexity index is 1330. The SMILES string of the molecule is Cc1ccc2c(c1)C(=O)N(CC1(c3cc4ncccc4o3)NC(=O)N(COCC[Si](C)(C)C)C1=O)C2. The van der Waals surface area contributed by atoms with E-state index in [9.17, 15) is 14.4 Å². The molecule has 4 heterocycles. The Morgan fingerprint density at radius 2 is 1.97 bits per heavy atom. The molecule has 4 amide bonds. The number of amides is 4. The highest BCUT2D eigenvalue weighted by Crippen LogP contribution is 2.36. The van der Waals surface area contributed by atoms with Gasteiger partial charge in [-0.05, 0) is 36.7 Å². The van der Waals surface area contributed by atoms with Crippen LogP contribution in [-0.2, 0) is 21.6 Å². The monoisotopic (exact) mass is 506 g/mol. The van der Waals surface area contributed by atoms with Crippen LogP contribution < -0.4 is 5.32 Å². The van der Waals surface area contributed by atoms with E-state index >= 15 is 0 Å². The summed E-state index contributed by atoms with van der Waals surface area (Å²) in [6, 6.07) is 11.2. The van der Waals surface area contributed by atoms with E-state index < -0.39 is 25.6 Å². The smallest absolute Gasteiger partial charge is 0.327 e. The fourth-order valence-corrected chi connectivity index (χ4v) is 5.36. The minimum atomic E-state index is -1.59. The van der Waals surface area contributed by atoms with E-state index in [1.54, 1.807) is 29.3 Å². The minimum absolute atomic E-state index is 0.0740. The standard InChI is InChI=1S/C26H30N4O5Si/c1-17-7-8-18-14-29(23(31)19(18)12-17)15-26(22-13-20-21(35-22)6-5-9-27-20)24(32)30(25(33)28-26)16-34-10-11-36(2,3)4/h5-9,12-13H,10-11,14-16H2,1-4H3,(H,28,33). The number of aryl methyl sites for hydroxylation is 1. The van der Waals surface area contributed by atoms with Crippen molar-refractivity contribution in [3.8, 4) is 0 Å². The van der Waals surface area contributed by atoms with Crippen LogP contribution in [0.25, 0.3) is 11.1 Å². The van der Waals surface area contributed by atoms with Gasteiger partial charge < -0.3 is 19.4 Å². The number of hydrogen-bond donors (Lipinski definition) is 1.